The minimum Gasteiger partial charge on any atom is -0.287 e. The Hall–Kier alpha value is -3.04. The Bertz CT molecular complexity index is 981. The highest BCUT2D eigenvalue weighted by molar-refractivity contribution is 6.57. The molecule has 0 radical (unpaired) electrons. The van der Waals surface area contributed by atoms with Crippen molar-refractivity contribution in [1.29, 1.82) is 0 Å². The van der Waals surface area contributed by atoms with Crippen LogP contribution in [0.25, 0.3) is 0 Å². The summed E-state index contributed by atoms with van der Waals surface area (Å²) in [5.74, 6) is 9.72. The summed E-state index contributed by atoms with van der Waals surface area (Å²) in [6, 6.07) is 18.1. The third-order valence-electron chi connectivity index (χ3n) is 3.50. The summed E-state index contributed by atoms with van der Waals surface area (Å²) in [4.78, 5) is 24.9. The number of hydrogen-bond donors (Lipinski definition) is 0. The highest BCUT2D eigenvalue weighted by Gasteiger charge is 2.31. The molecule has 0 aromatic heterocycles. The van der Waals surface area contributed by atoms with Crippen molar-refractivity contribution in [1.82, 2.24) is 0 Å². The Morgan fingerprint density at radius 3 is 1.23 bits per heavy atom. The SMILES string of the molecule is O=C1C(Cl)=C(C#Cc2ccccc2)C(=O)C(Cl)=C1C#Cc1ccccc1. The molecule has 0 spiro atoms. The van der Waals surface area contributed by atoms with Crippen LogP contribution in [0.15, 0.2) is 81.9 Å². The monoisotopic (exact) mass is 376 g/mol. The predicted molar refractivity (Wildman–Crippen MR) is 102 cm³/mol. The van der Waals surface area contributed by atoms with Gasteiger partial charge in [-0.1, -0.05) is 83.3 Å². The second kappa shape index (κ2) is 7.89. The van der Waals surface area contributed by atoms with E-state index < -0.39 is 11.6 Å². The van der Waals surface area contributed by atoms with Crippen LogP contribution in [0.4, 0.5) is 0 Å². The molecule has 0 bridgehead atoms. The number of carbonyl (C=O) groups excluding carboxylic acids is 2. The number of allylic oxidation sites excluding steroid dienone is 4. The van der Waals surface area contributed by atoms with Gasteiger partial charge in [-0.05, 0) is 24.3 Å². The Morgan fingerprint density at radius 2 is 0.885 bits per heavy atom. The minimum absolute atomic E-state index is 0.115. The molecule has 0 heterocycles. The Labute approximate surface area is 161 Å². The first-order chi connectivity index (χ1) is 12.6. The molecule has 0 aliphatic heterocycles. The first kappa shape index (κ1) is 17.8. The molecule has 26 heavy (non-hydrogen) atoms. The summed E-state index contributed by atoms with van der Waals surface area (Å²) in [6.07, 6.45) is 0. The molecule has 0 N–H and O–H groups in total. The smallest absolute Gasteiger partial charge is 0.215 e. The molecule has 2 nitrogen and oxygen atoms in total. The van der Waals surface area contributed by atoms with Crippen LogP contribution in [0, 0.1) is 23.7 Å². The van der Waals surface area contributed by atoms with Crippen LogP contribution in [-0.4, -0.2) is 11.6 Å². The average Bonchev–Trinajstić information content (AvgIpc) is 2.68. The molecular formula is C22H10Cl2O2. The van der Waals surface area contributed by atoms with Crippen LogP contribution in [-0.2, 0) is 9.59 Å². The lowest BCUT2D eigenvalue weighted by molar-refractivity contribution is -0.115. The summed E-state index contributed by atoms with van der Waals surface area (Å²) in [5, 5.41) is -0.527. The van der Waals surface area contributed by atoms with E-state index in [2.05, 4.69) is 23.7 Å². The van der Waals surface area contributed by atoms with Gasteiger partial charge in [0.15, 0.2) is 0 Å². The molecule has 0 fully saturated rings. The Kier molecular flexibility index (Phi) is 5.40. The fourth-order valence-corrected chi connectivity index (χ4v) is 2.64. The van der Waals surface area contributed by atoms with Crippen LogP contribution >= 0.6 is 23.2 Å². The third kappa shape index (κ3) is 3.79. The normalized spacial score (nSPS) is 13.8. The Balaban J connectivity index is 1.96. The number of benzene rings is 2. The highest BCUT2D eigenvalue weighted by atomic mass is 35.5. The van der Waals surface area contributed by atoms with Gasteiger partial charge < -0.3 is 0 Å². The van der Waals surface area contributed by atoms with Gasteiger partial charge in [0.05, 0.1) is 11.1 Å². The molecule has 1 aliphatic carbocycles. The minimum atomic E-state index is -0.600. The van der Waals surface area contributed by atoms with Gasteiger partial charge in [0.25, 0.3) is 0 Å². The van der Waals surface area contributed by atoms with Crippen LogP contribution in [0.1, 0.15) is 11.1 Å². The zero-order valence-electron chi connectivity index (χ0n) is 13.3. The van der Waals surface area contributed by atoms with E-state index in [1.54, 1.807) is 24.3 Å². The molecule has 0 atom stereocenters. The van der Waals surface area contributed by atoms with Crippen molar-refractivity contribution in [3.05, 3.63) is 93.0 Å². The quantitative estimate of drug-likeness (QED) is 0.509. The van der Waals surface area contributed by atoms with Gasteiger partial charge in [0.2, 0.25) is 11.6 Å². The van der Waals surface area contributed by atoms with E-state index in [1.165, 1.54) is 0 Å². The van der Waals surface area contributed by atoms with E-state index in [0.29, 0.717) is 11.1 Å². The zero-order valence-corrected chi connectivity index (χ0v) is 14.9. The maximum absolute atomic E-state index is 12.5. The largest absolute Gasteiger partial charge is 0.287 e. The van der Waals surface area contributed by atoms with Gasteiger partial charge in [0, 0.05) is 11.1 Å². The number of carbonyl (C=O) groups is 2. The fourth-order valence-electron chi connectivity index (χ4n) is 2.18. The fraction of sp³-hybridized carbons (Fsp3) is 0. The van der Waals surface area contributed by atoms with Crippen molar-refractivity contribution in [2.75, 3.05) is 0 Å². The van der Waals surface area contributed by atoms with E-state index in [4.69, 9.17) is 23.2 Å². The van der Waals surface area contributed by atoms with Gasteiger partial charge in [-0.2, -0.15) is 0 Å². The summed E-state index contributed by atoms with van der Waals surface area (Å²) in [5.41, 5.74) is 1.16. The van der Waals surface area contributed by atoms with Gasteiger partial charge >= 0.3 is 0 Å². The lowest BCUT2D eigenvalue weighted by Gasteiger charge is -2.11. The number of rotatable bonds is 0. The van der Waals surface area contributed by atoms with E-state index >= 15 is 0 Å². The lowest BCUT2D eigenvalue weighted by atomic mass is 9.96. The summed E-state index contributed by atoms with van der Waals surface area (Å²) in [7, 11) is 0. The highest BCUT2D eigenvalue weighted by Crippen LogP contribution is 2.29. The molecule has 3 rings (SSSR count). The van der Waals surface area contributed by atoms with Crippen LogP contribution in [0.3, 0.4) is 0 Å². The predicted octanol–water partition coefficient (Wildman–Crippen LogP) is 4.23. The molecule has 1 aliphatic rings. The molecule has 124 valence electrons. The topological polar surface area (TPSA) is 34.1 Å². The van der Waals surface area contributed by atoms with Crippen molar-refractivity contribution in [2.45, 2.75) is 0 Å². The van der Waals surface area contributed by atoms with Crippen LogP contribution in [0.5, 0.6) is 0 Å². The van der Waals surface area contributed by atoms with Crippen molar-refractivity contribution in [2.24, 2.45) is 0 Å². The van der Waals surface area contributed by atoms with Crippen molar-refractivity contribution >= 4 is 34.8 Å². The van der Waals surface area contributed by atoms with Gasteiger partial charge in [-0.25, -0.2) is 0 Å². The second-order valence-corrected chi connectivity index (χ2v) is 6.02. The van der Waals surface area contributed by atoms with Crippen LogP contribution in [0.2, 0.25) is 0 Å². The molecule has 0 amide bonds. The lowest BCUT2D eigenvalue weighted by Crippen LogP contribution is -2.18. The standard InChI is InChI=1S/C22H10Cl2O2/c23-19-17(13-11-15-7-3-1-4-8-15)21(25)20(24)18(22(19)26)14-12-16-9-5-2-6-10-16/h1-10H. The van der Waals surface area contributed by atoms with E-state index in [0.717, 1.165) is 0 Å². The summed E-state index contributed by atoms with van der Waals surface area (Å²) >= 11 is 12.2. The molecule has 0 saturated carbocycles. The number of Topliss-reactive ketones (excluding diaryl/α,β-unsaturated/α-hetero) is 2. The van der Waals surface area contributed by atoms with Gasteiger partial charge in [-0.15, -0.1) is 0 Å². The summed E-state index contributed by atoms with van der Waals surface area (Å²) in [6.45, 7) is 0. The van der Waals surface area contributed by atoms with Crippen LogP contribution < -0.4 is 0 Å². The number of hydrogen-bond acceptors (Lipinski definition) is 2. The number of halogens is 2. The average molecular weight is 377 g/mol. The van der Waals surface area contributed by atoms with E-state index in [9.17, 15) is 9.59 Å². The molecule has 0 unspecified atom stereocenters. The molecule has 4 heteroatoms. The van der Waals surface area contributed by atoms with Crippen molar-refractivity contribution < 1.29 is 9.59 Å². The van der Waals surface area contributed by atoms with E-state index in [1.807, 2.05) is 36.4 Å². The zero-order chi connectivity index (χ0) is 18.5. The first-order valence-electron chi connectivity index (χ1n) is 7.61. The molecule has 2 aromatic carbocycles. The van der Waals surface area contributed by atoms with Crippen molar-refractivity contribution in [3.63, 3.8) is 0 Å². The first-order valence-corrected chi connectivity index (χ1v) is 8.36. The molecule has 2 aromatic rings. The van der Waals surface area contributed by atoms with Gasteiger partial charge in [0.1, 0.15) is 10.1 Å². The third-order valence-corrected chi connectivity index (χ3v) is 4.22. The molecule has 0 saturated heterocycles. The maximum atomic E-state index is 12.5. The van der Waals surface area contributed by atoms with Crippen molar-refractivity contribution in [3.8, 4) is 23.7 Å². The second-order valence-electron chi connectivity index (χ2n) is 5.27. The van der Waals surface area contributed by atoms with E-state index in [-0.39, 0.29) is 21.2 Å². The summed E-state index contributed by atoms with van der Waals surface area (Å²) < 4.78 is 0. The molecular weight excluding hydrogens is 367 g/mol. The Morgan fingerprint density at radius 1 is 0.538 bits per heavy atom. The maximum Gasteiger partial charge on any atom is 0.215 e. The van der Waals surface area contributed by atoms with Gasteiger partial charge in [-0.3, -0.25) is 9.59 Å². The number of ketones is 2.